The first-order valence-corrected chi connectivity index (χ1v) is 7.71. The van der Waals surface area contributed by atoms with Crippen molar-refractivity contribution in [3.8, 4) is 0 Å². The molecule has 1 aliphatic heterocycles. The van der Waals surface area contributed by atoms with Crippen LogP contribution in [0.25, 0.3) is 0 Å². The minimum atomic E-state index is -0.293. The van der Waals surface area contributed by atoms with Crippen molar-refractivity contribution < 1.29 is 14.3 Å². The molecule has 1 aromatic rings. The number of piperazine rings is 1. The summed E-state index contributed by atoms with van der Waals surface area (Å²) in [7, 11) is 0. The number of nitrogens with zero attached hydrogens (tertiary/aromatic N) is 3. The maximum absolute atomic E-state index is 12.4. The lowest BCUT2D eigenvalue weighted by Crippen LogP contribution is -2.50. The fourth-order valence-corrected chi connectivity index (χ4v) is 2.53. The van der Waals surface area contributed by atoms with Crippen LogP contribution < -0.4 is 0 Å². The highest BCUT2D eigenvalue weighted by molar-refractivity contribution is 5.77. The number of amides is 2. The Morgan fingerprint density at radius 2 is 1.95 bits per heavy atom. The lowest BCUT2D eigenvalue weighted by Gasteiger charge is -2.34. The van der Waals surface area contributed by atoms with E-state index in [1.54, 1.807) is 24.2 Å². The zero-order valence-corrected chi connectivity index (χ0v) is 13.2. The summed E-state index contributed by atoms with van der Waals surface area (Å²) in [5.74, 6) is 0.268. The highest BCUT2D eigenvalue weighted by Gasteiger charge is 2.25. The van der Waals surface area contributed by atoms with Crippen LogP contribution in [0.2, 0.25) is 0 Å². The van der Waals surface area contributed by atoms with Gasteiger partial charge in [-0.05, 0) is 24.5 Å². The molecule has 0 saturated carbocycles. The van der Waals surface area contributed by atoms with Gasteiger partial charge >= 0.3 is 6.09 Å². The zero-order chi connectivity index (χ0) is 15.9. The molecule has 120 valence electrons. The van der Waals surface area contributed by atoms with Gasteiger partial charge in [-0.2, -0.15) is 0 Å². The zero-order valence-electron chi connectivity index (χ0n) is 13.2. The van der Waals surface area contributed by atoms with Crippen LogP contribution in [-0.2, 0) is 9.53 Å². The van der Waals surface area contributed by atoms with Crippen molar-refractivity contribution in [3.63, 3.8) is 0 Å². The second-order valence-corrected chi connectivity index (χ2v) is 5.46. The lowest BCUT2D eigenvalue weighted by molar-refractivity contribution is -0.133. The van der Waals surface area contributed by atoms with E-state index < -0.39 is 0 Å². The van der Waals surface area contributed by atoms with Gasteiger partial charge < -0.3 is 14.5 Å². The molecule has 6 nitrogen and oxygen atoms in total. The van der Waals surface area contributed by atoms with Crippen LogP contribution in [0, 0.1) is 0 Å². The third-order valence-corrected chi connectivity index (χ3v) is 3.89. The summed E-state index contributed by atoms with van der Waals surface area (Å²) in [6, 6.07) is 3.87. The molecule has 0 aromatic carbocycles. The van der Waals surface area contributed by atoms with E-state index >= 15 is 0 Å². The van der Waals surface area contributed by atoms with Crippen LogP contribution in [0.15, 0.2) is 24.5 Å². The topological polar surface area (TPSA) is 62.7 Å². The Morgan fingerprint density at radius 3 is 2.55 bits per heavy atom. The maximum atomic E-state index is 12.4. The Hall–Kier alpha value is -2.11. The molecule has 1 aliphatic rings. The van der Waals surface area contributed by atoms with Gasteiger partial charge in [0.25, 0.3) is 0 Å². The van der Waals surface area contributed by atoms with Crippen LogP contribution in [0.4, 0.5) is 4.79 Å². The lowest BCUT2D eigenvalue weighted by atomic mass is 9.99. The quantitative estimate of drug-likeness (QED) is 0.852. The Morgan fingerprint density at radius 1 is 1.27 bits per heavy atom. The van der Waals surface area contributed by atoms with Gasteiger partial charge in [-0.3, -0.25) is 9.78 Å². The number of hydrogen-bond acceptors (Lipinski definition) is 4. The first kappa shape index (κ1) is 16.3. The number of ether oxygens (including phenoxy) is 1. The maximum Gasteiger partial charge on any atom is 0.409 e. The number of pyridine rings is 1. The standard InChI is InChI=1S/C16H23N3O3/c1-3-22-16(21)19-9-7-18(8-10-19)15(20)11-13(2)14-5-4-6-17-12-14/h4-6,12-13H,3,7-11H2,1-2H3. The van der Waals surface area contributed by atoms with Gasteiger partial charge in [0.15, 0.2) is 0 Å². The SMILES string of the molecule is CCOC(=O)N1CCN(C(=O)CC(C)c2cccnc2)CC1. The first-order chi connectivity index (χ1) is 10.6. The van der Waals surface area contributed by atoms with Crippen molar-refractivity contribution in [3.05, 3.63) is 30.1 Å². The van der Waals surface area contributed by atoms with E-state index in [2.05, 4.69) is 4.98 Å². The molecule has 2 amide bonds. The number of carbonyl (C=O) groups is 2. The fraction of sp³-hybridized carbons (Fsp3) is 0.562. The van der Waals surface area contributed by atoms with E-state index in [1.807, 2.05) is 24.0 Å². The Balaban J connectivity index is 1.81. The van der Waals surface area contributed by atoms with Gasteiger partial charge in [-0.15, -0.1) is 0 Å². The highest BCUT2D eigenvalue weighted by Crippen LogP contribution is 2.19. The van der Waals surface area contributed by atoms with Crippen molar-refractivity contribution in [1.82, 2.24) is 14.8 Å². The van der Waals surface area contributed by atoms with E-state index in [-0.39, 0.29) is 17.9 Å². The Bertz CT molecular complexity index is 499. The summed E-state index contributed by atoms with van der Waals surface area (Å²) in [5.41, 5.74) is 1.07. The van der Waals surface area contributed by atoms with Gasteiger partial charge in [0, 0.05) is 45.0 Å². The van der Waals surface area contributed by atoms with Gasteiger partial charge in [-0.1, -0.05) is 13.0 Å². The summed E-state index contributed by atoms with van der Waals surface area (Å²) in [6.07, 6.45) is 3.70. The number of carbonyl (C=O) groups excluding carboxylic acids is 2. The van der Waals surface area contributed by atoms with E-state index in [9.17, 15) is 9.59 Å². The number of hydrogen-bond donors (Lipinski definition) is 0. The molecule has 22 heavy (non-hydrogen) atoms. The number of rotatable bonds is 4. The van der Waals surface area contributed by atoms with Crippen LogP contribution in [0.5, 0.6) is 0 Å². The third-order valence-electron chi connectivity index (χ3n) is 3.89. The predicted molar refractivity (Wildman–Crippen MR) is 82.4 cm³/mol. The second kappa shape index (κ2) is 7.77. The molecule has 2 rings (SSSR count). The fourth-order valence-electron chi connectivity index (χ4n) is 2.53. The average molecular weight is 305 g/mol. The van der Waals surface area contributed by atoms with Gasteiger partial charge in [0.05, 0.1) is 6.61 Å². The Kier molecular flexibility index (Phi) is 5.75. The molecule has 1 fully saturated rings. The third kappa shape index (κ3) is 4.19. The molecular formula is C16H23N3O3. The van der Waals surface area contributed by atoms with Crippen molar-refractivity contribution in [2.24, 2.45) is 0 Å². The highest BCUT2D eigenvalue weighted by atomic mass is 16.6. The van der Waals surface area contributed by atoms with Crippen molar-refractivity contribution >= 4 is 12.0 Å². The molecule has 0 bridgehead atoms. The molecule has 0 N–H and O–H groups in total. The Labute approximate surface area is 131 Å². The predicted octanol–water partition coefficient (Wildman–Crippen LogP) is 1.88. The van der Waals surface area contributed by atoms with Crippen molar-refractivity contribution in [2.45, 2.75) is 26.2 Å². The molecule has 0 spiro atoms. The summed E-state index contributed by atoms with van der Waals surface area (Å²) < 4.78 is 4.98. The minimum Gasteiger partial charge on any atom is -0.450 e. The minimum absolute atomic E-state index is 0.125. The largest absolute Gasteiger partial charge is 0.450 e. The summed E-state index contributed by atoms with van der Waals surface area (Å²) in [5, 5.41) is 0. The van der Waals surface area contributed by atoms with Crippen LogP contribution in [-0.4, -0.2) is 59.6 Å². The molecule has 0 aliphatic carbocycles. The smallest absolute Gasteiger partial charge is 0.409 e. The van der Waals surface area contributed by atoms with Gasteiger partial charge in [0.1, 0.15) is 0 Å². The van der Waals surface area contributed by atoms with E-state index in [4.69, 9.17) is 4.74 Å². The van der Waals surface area contributed by atoms with Crippen LogP contribution in [0.1, 0.15) is 31.7 Å². The van der Waals surface area contributed by atoms with Crippen molar-refractivity contribution in [1.29, 1.82) is 0 Å². The molecule has 6 heteroatoms. The van der Waals surface area contributed by atoms with Crippen LogP contribution in [0.3, 0.4) is 0 Å². The average Bonchev–Trinajstić information content (AvgIpc) is 2.56. The van der Waals surface area contributed by atoms with Gasteiger partial charge in [-0.25, -0.2) is 4.79 Å². The normalized spacial score (nSPS) is 16.3. The molecule has 1 unspecified atom stereocenters. The monoisotopic (exact) mass is 305 g/mol. The molecule has 0 radical (unpaired) electrons. The number of aromatic nitrogens is 1. The molecule has 2 heterocycles. The van der Waals surface area contributed by atoms with Gasteiger partial charge in [0.2, 0.25) is 5.91 Å². The second-order valence-electron chi connectivity index (χ2n) is 5.46. The summed E-state index contributed by atoms with van der Waals surface area (Å²) in [6.45, 7) is 6.40. The van der Waals surface area contributed by atoms with Crippen molar-refractivity contribution in [2.75, 3.05) is 32.8 Å². The summed E-state index contributed by atoms with van der Waals surface area (Å²) in [4.78, 5) is 31.5. The molecule has 1 saturated heterocycles. The molecule has 1 aromatic heterocycles. The van der Waals surface area contributed by atoms with E-state index in [0.717, 1.165) is 5.56 Å². The van der Waals surface area contributed by atoms with E-state index in [1.165, 1.54) is 0 Å². The van der Waals surface area contributed by atoms with E-state index in [0.29, 0.717) is 39.2 Å². The summed E-state index contributed by atoms with van der Waals surface area (Å²) >= 11 is 0. The van der Waals surface area contributed by atoms with Crippen LogP contribution >= 0.6 is 0 Å². The first-order valence-electron chi connectivity index (χ1n) is 7.71. The molecule has 1 atom stereocenters. The molecular weight excluding hydrogens is 282 g/mol.